The molecule has 124 valence electrons. The number of fused-ring (bicyclic) bond motifs is 3. The smallest absolute Gasteiger partial charge is 0.127 e. The molecule has 0 amide bonds. The molecule has 1 nitrogen and oxygen atoms in total. The molecule has 0 spiro atoms. The summed E-state index contributed by atoms with van der Waals surface area (Å²) < 4.78 is 6.26. The molecule has 0 atom stereocenters. The molecule has 0 aliphatic carbocycles. The molecule has 0 radical (unpaired) electrons. The second-order valence-electron chi connectivity index (χ2n) is 6.60. The van der Waals surface area contributed by atoms with Gasteiger partial charge in [-0.15, -0.1) is 0 Å². The van der Waals surface area contributed by atoms with E-state index < -0.39 is 0 Å². The Morgan fingerprint density at radius 2 is 1.15 bits per heavy atom. The van der Waals surface area contributed by atoms with Gasteiger partial charge in [0, 0.05) is 5.39 Å². The average molecular weight is 334 g/mol. The van der Waals surface area contributed by atoms with Crippen molar-refractivity contribution in [1.82, 2.24) is 0 Å². The van der Waals surface area contributed by atoms with Gasteiger partial charge < -0.3 is 4.74 Å². The van der Waals surface area contributed by atoms with Crippen molar-refractivity contribution in [2.45, 2.75) is 6.61 Å². The van der Waals surface area contributed by atoms with Gasteiger partial charge in [-0.05, 0) is 50.7 Å². The molecular weight excluding hydrogens is 316 g/mol. The van der Waals surface area contributed by atoms with Gasteiger partial charge >= 0.3 is 0 Å². The van der Waals surface area contributed by atoms with Crippen LogP contribution in [-0.4, -0.2) is 0 Å². The predicted molar refractivity (Wildman–Crippen MR) is 110 cm³/mol. The van der Waals surface area contributed by atoms with E-state index in [1.54, 1.807) is 0 Å². The molecule has 5 rings (SSSR count). The van der Waals surface area contributed by atoms with Crippen molar-refractivity contribution in [3.8, 4) is 5.75 Å². The van der Waals surface area contributed by atoms with Crippen molar-refractivity contribution in [1.29, 1.82) is 0 Å². The Morgan fingerprint density at radius 1 is 0.500 bits per heavy atom. The van der Waals surface area contributed by atoms with E-state index in [-0.39, 0.29) is 0 Å². The van der Waals surface area contributed by atoms with E-state index in [1.807, 2.05) is 0 Å². The molecule has 0 saturated carbocycles. The fourth-order valence-electron chi connectivity index (χ4n) is 3.64. The normalized spacial score (nSPS) is 11.2. The highest BCUT2D eigenvalue weighted by atomic mass is 16.5. The molecule has 0 aliphatic rings. The van der Waals surface area contributed by atoms with Gasteiger partial charge in [0.1, 0.15) is 12.4 Å². The summed E-state index contributed by atoms with van der Waals surface area (Å²) in [7, 11) is 0. The third-order valence-electron chi connectivity index (χ3n) is 4.97. The molecule has 0 unspecified atom stereocenters. The summed E-state index contributed by atoms with van der Waals surface area (Å²) in [5.74, 6) is 0.932. The van der Waals surface area contributed by atoms with Crippen LogP contribution in [0.1, 0.15) is 5.56 Å². The van der Waals surface area contributed by atoms with Gasteiger partial charge in [0.2, 0.25) is 0 Å². The Kier molecular flexibility index (Phi) is 3.57. The molecule has 0 bridgehead atoms. The van der Waals surface area contributed by atoms with Crippen molar-refractivity contribution in [3.63, 3.8) is 0 Å². The molecule has 0 N–H and O–H groups in total. The van der Waals surface area contributed by atoms with E-state index in [1.165, 1.54) is 32.5 Å². The highest BCUT2D eigenvalue weighted by molar-refractivity contribution is 6.00. The molecule has 0 aliphatic heterocycles. The maximum Gasteiger partial charge on any atom is 0.127 e. The van der Waals surface area contributed by atoms with Gasteiger partial charge in [-0.2, -0.15) is 0 Å². The highest BCUT2D eigenvalue weighted by Gasteiger charge is 2.06. The van der Waals surface area contributed by atoms with Gasteiger partial charge in [-0.3, -0.25) is 0 Å². The summed E-state index contributed by atoms with van der Waals surface area (Å²) in [6, 6.07) is 34.0. The summed E-state index contributed by atoms with van der Waals surface area (Å²) in [6.45, 7) is 0.563. The number of hydrogen-bond acceptors (Lipinski definition) is 1. The predicted octanol–water partition coefficient (Wildman–Crippen LogP) is 6.73. The maximum absolute atomic E-state index is 6.26. The zero-order chi connectivity index (χ0) is 17.3. The average Bonchev–Trinajstić information content (AvgIpc) is 2.70. The van der Waals surface area contributed by atoms with Crippen LogP contribution in [0.5, 0.6) is 5.75 Å². The minimum atomic E-state index is 0.563. The van der Waals surface area contributed by atoms with Crippen LogP contribution in [0.25, 0.3) is 32.3 Å². The summed E-state index contributed by atoms with van der Waals surface area (Å²) in [4.78, 5) is 0. The first-order valence-electron chi connectivity index (χ1n) is 8.89. The van der Waals surface area contributed by atoms with Crippen LogP contribution >= 0.6 is 0 Å². The molecule has 26 heavy (non-hydrogen) atoms. The van der Waals surface area contributed by atoms with Crippen molar-refractivity contribution in [3.05, 3.63) is 103 Å². The third kappa shape index (κ3) is 2.58. The Morgan fingerprint density at radius 3 is 2.04 bits per heavy atom. The Bertz CT molecular complexity index is 1230. The van der Waals surface area contributed by atoms with E-state index in [9.17, 15) is 0 Å². The summed E-state index contributed by atoms with van der Waals surface area (Å²) in [6.07, 6.45) is 0. The minimum absolute atomic E-state index is 0.563. The summed E-state index contributed by atoms with van der Waals surface area (Å²) >= 11 is 0. The van der Waals surface area contributed by atoms with Crippen LogP contribution in [0, 0.1) is 0 Å². The maximum atomic E-state index is 6.26. The first-order chi connectivity index (χ1) is 12.9. The van der Waals surface area contributed by atoms with Crippen molar-refractivity contribution in [2.24, 2.45) is 0 Å². The van der Waals surface area contributed by atoms with Gasteiger partial charge in [-0.1, -0.05) is 78.9 Å². The van der Waals surface area contributed by atoms with Crippen LogP contribution in [-0.2, 0) is 6.61 Å². The van der Waals surface area contributed by atoms with E-state index >= 15 is 0 Å². The minimum Gasteiger partial charge on any atom is -0.488 e. The van der Waals surface area contributed by atoms with E-state index in [2.05, 4.69) is 97.1 Å². The second kappa shape index (κ2) is 6.20. The fraction of sp³-hybridized carbons (Fsp3) is 0.0400. The molecule has 5 aromatic rings. The van der Waals surface area contributed by atoms with E-state index in [0.717, 1.165) is 11.1 Å². The quantitative estimate of drug-likeness (QED) is 0.333. The SMILES string of the molecule is c1ccc2cc3c(OCc4cccc5ccccc45)cccc3cc2c1. The number of hydrogen-bond donors (Lipinski definition) is 0. The summed E-state index contributed by atoms with van der Waals surface area (Å²) in [5, 5.41) is 7.36. The van der Waals surface area contributed by atoms with E-state index in [4.69, 9.17) is 4.74 Å². The zero-order valence-electron chi connectivity index (χ0n) is 14.4. The molecular formula is C25H18O. The third-order valence-corrected chi connectivity index (χ3v) is 4.97. The van der Waals surface area contributed by atoms with Crippen LogP contribution in [0.2, 0.25) is 0 Å². The van der Waals surface area contributed by atoms with Gasteiger partial charge in [0.15, 0.2) is 0 Å². The van der Waals surface area contributed by atoms with Gasteiger partial charge in [-0.25, -0.2) is 0 Å². The van der Waals surface area contributed by atoms with Crippen molar-refractivity contribution >= 4 is 32.3 Å². The molecule has 0 fully saturated rings. The number of ether oxygens (including phenoxy) is 1. The topological polar surface area (TPSA) is 9.23 Å². The molecule has 0 aromatic heterocycles. The second-order valence-corrected chi connectivity index (χ2v) is 6.60. The Hall–Kier alpha value is -3.32. The number of benzene rings is 5. The lowest BCUT2D eigenvalue weighted by molar-refractivity contribution is 0.311. The highest BCUT2D eigenvalue weighted by Crippen LogP contribution is 2.31. The van der Waals surface area contributed by atoms with E-state index in [0.29, 0.717) is 6.61 Å². The lowest BCUT2D eigenvalue weighted by Gasteiger charge is -2.12. The first-order valence-corrected chi connectivity index (χ1v) is 8.89. The lowest BCUT2D eigenvalue weighted by atomic mass is 10.0. The van der Waals surface area contributed by atoms with Crippen LogP contribution in [0.15, 0.2) is 97.1 Å². The van der Waals surface area contributed by atoms with Crippen molar-refractivity contribution < 1.29 is 4.74 Å². The van der Waals surface area contributed by atoms with Crippen LogP contribution in [0.3, 0.4) is 0 Å². The van der Waals surface area contributed by atoms with Crippen molar-refractivity contribution in [2.75, 3.05) is 0 Å². The largest absolute Gasteiger partial charge is 0.488 e. The summed E-state index contributed by atoms with van der Waals surface area (Å²) in [5.41, 5.74) is 1.21. The Labute approximate surface area is 152 Å². The lowest BCUT2D eigenvalue weighted by Crippen LogP contribution is -1.97. The molecule has 0 heterocycles. The first kappa shape index (κ1) is 15.0. The number of rotatable bonds is 3. The zero-order valence-corrected chi connectivity index (χ0v) is 14.4. The fourth-order valence-corrected chi connectivity index (χ4v) is 3.64. The standard InChI is InChI=1S/C25H18O/c1-2-9-20-16-24-21(15-19(20)8-1)11-6-14-25(24)26-17-22-12-5-10-18-7-3-4-13-23(18)22/h1-16H,17H2. The Balaban J connectivity index is 1.56. The molecule has 1 heteroatoms. The van der Waals surface area contributed by atoms with Gasteiger partial charge in [0.25, 0.3) is 0 Å². The van der Waals surface area contributed by atoms with Crippen LogP contribution in [0.4, 0.5) is 0 Å². The molecule has 0 saturated heterocycles. The molecule has 5 aromatic carbocycles. The van der Waals surface area contributed by atoms with Gasteiger partial charge in [0.05, 0.1) is 0 Å². The monoisotopic (exact) mass is 334 g/mol. The van der Waals surface area contributed by atoms with Crippen LogP contribution < -0.4 is 4.74 Å².